The van der Waals surface area contributed by atoms with Gasteiger partial charge < -0.3 is 14.2 Å². The Hall–Kier alpha value is -1.75. The molecule has 140 valence electrons. The molecule has 2 aromatic rings. The van der Waals surface area contributed by atoms with Crippen LogP contribution in [0.2, 0.25) is 0 Å². The van der Waals surface area contributed by atoms with Crippen molar-refractivity contribution in [1.82, 2.24) is 9.47 Å². The third-order valence-corrected chi connectivity index (χ3v) is 8.67. The van der Waals surface area contributed by atoms with Crippen molar-refractivity contribution in [2.45, 2.75) is 4.90 Å². The van der Waals surface area contributed by atoms with E-state index in [4.69, 9.17) is 17.0 Å². The van der Waals surface area contributed by atoms with E-state index in [0.29, 0.717) is 18.4 Å². The van der Waals surface area contributed by atoms with Crippen LogP contribution in [-0.2, 0) is 11.8 Å². The highest BCUT2D eigenvalue weighted by Gasteiger charge is 2.32. The fraction of sp³-hybridized carbons (Fsp3) is 0.235. The number of anilines is 1. The highest BCUT2D eigenvalue weighted by atomic mass is 32.2. The summed E-state index contributed by atoms with van der Waals surface area (Å²) in [7, 11) is 6.90. The number of aromatic nitrogens is 1. The van der Waals surface area contributed by atoms with Crippen LogP contribution in [0.15, 0.2) is 27.9 Å². The molecule has 10 heteroatoms. The first-order valence-electron chi connectivity index (χ1n) is 7.87. The van der Waals surface area contributed by atoms with Gasteiger partial charge in [0.05, 0.1) is 12.8 Å². The second kappa shape index (κ2) is 6.69. The highest BCUT2D eigenvalue weighted by molar-refractivity contribution is 8.30. The molecule has 0 atom stereocenters. The zero-order chi connectivity index (χ0) is 19.5. The number of benzene rings is 1. The smallest absolute Gasteiger partial charge is 0.271 e. The number of thiocarbonyl (C=S) groups is 1. The van der Waals surface area contributed by atoms with E-state index >= 15 is 0 Å². The summed E-state index contributed by atoms with van der Waals surface area (Å²) < 4.78 is 8.58. The van der Waals surface area contributed by atoms with Crippen LogP contribution in [0.4, 0.5) is 5.69 Å². The average Bonchev–Trinajstić information content (AvgIpc) is 3.23. The van der Waals surface area contributed by atoms with Gasteiger partial charge in [0.15, 0.2) is 0 Å². The van der Waals surface area contributed by atoms with Crippen molar-refractivity contribution >= 4 is 72.9 Å². The quantitative estimate of drug-likeness (QED) is 0.625. The summed E-state index contributed by atoms with van der Waals surface area (Å²) in [6.45, 7) is 0. The molecule has 1 aromatic heterocycles. The number of thioether (sulfide) groups is 2. The summed E-state index contributed by atoms with van der Waals surface area (Å²) in [5, 5.41) is 0.849. The van der Waals surface area contributed by atoms with E-state index in [1.165, 1.54) is 32.6 Å². The Morgan fingerprint density at radius 2 is 1.81 bits per heavy atom. The maximum absolute atomic E-state index is 12.9. The van der Waals surface area contributed by atoms with Gasteiger partial charge in [-0.25, -0.2) is 0 Å². The normalized spacial score (nSPS) is 20.6. The number of ether oxygens (including phenoxy) is 1. The maximum atomic E-state index is 12.9. The van der Waals surface area contributed by atoms with Crippen LogP contribution in [0, 0.1) is 0 Å². The van der Waals surface area contributed by atoms with Gasteiger partial charge in [0.1, 0.15) is 29.2 Å². The Kier molecular flexibility index (Phi) is 4.61. The lowest BCUT2D eigenvalue weighted by Gasteiger charge is -2.13. The van der Waals surface area contributed by atoms with E-state index in [1.807, 2.05) is 30.1 Å². The number of carbonyl (C=O) groups is 1. The lowest BCUT2D eigenvalue weighted by Crippen LogP contribution is -2.32. The van der Waals surface area contributed by atoms with Crippen molar-refractivity contribution in [3.63, 3.8) is 0 Å². The van der Waals surface area contributed by atoms with Gasteiger partial charge in [0.2, 0.25) is 0 Å². The average molecular weight is 438 g/mol. The maximum Gasteiger partial charge on any atom is 0.271 e. The summed E-state index contributed by atoms with van der Waals surface area (Å²) in [4.78, 5) is 30.4. The largest absolute Gasteiger partial charge is 0.497 e. The molecule has 1 amide bonds. The van der Waals surface area contributed by atoms with Gasteiger partial charge in [0, 0.05) is 32.1 Å². The Morgan fingerprint density at radius 3 is 2.44 bits per heavy atom. The molecule has 0 unspecified atom stereocenters. The molecular weight excluding hydrogens is 422 g/mol. The molecule has 0 saturated carbocycles. The zero-order valence-corrected chi connectivity index (χ0v) is 18.2. The molecule has 0 radical (unpaired) electrons. The molecule has 2 aliphatic rings. The SMILES string of the molecule is COc1ccc2c(c1)N(C)/C(=c1\s/c(=C3\SC(=S)N(C)C3=O)n(C)c1=O)S2. The number of thiazole rings is 1. The summed E-state index contributed by atoms with van der Waals surface area (Å²) in [6.07, 6.45) is 0. The second-order valence-electron chi connectivity index (χ2n) is 5.96. The van der Waals surface area contributed by atoms with Gasteiger partial charge in [-0.15, -0.1) is 11.3 Å². The van der Waals surface area contributed by atoms with Crippen LogP contribution in [-0.4, -0.2) is 40.9 Å². The van der Waals surface area contributed by atoms with Gasteiger partial charge in [-0.1, -0.05) is 35.7 Å². The standard InChI is InChI=1S/C17H15N3O3S4/c1-18-9-7-8(23-4)5-6-10(9)25-15(18)11-13(21)19(2)16(26-11)12-14(22)20(3)17(24)27-12/h5-7H,1-4H3/b15-11+,16-12-. The predicted octanol–water partition coefficient (Wildman–Crippen LogP) is 1.36. The van der Waals surface area contributed by atoms with Crippen LogP contribution < -0.4 is 24.4 Å². The molecule has 0 bridgehead atoms. The van der Waals surface area contributed by atoms with Crippen LogP contribution in [0.1, 0.15) is 0 Å². The van der Waals surface area contributed by atoms with Crippen molar-refractivity contribution < 1.29 is 9.53 Å². The predicted molar refractivity (Wildman–Crippen MR) is 116 cm³/mol. The third-order valence-electron chi connectivity index (χ3n) is 4.39. The van der Waals surface area contributed by atoms with Gasteiger partial charge in [-0.05, 0) is 12.1 Å². The fourth-order valence-electron chi connectivity index (χ4n) is 2.81. The van der Waals surface area contributed by atoms with Gasteiger partial charge >= 0.3 is 0 Å². The third kappa shape index (κ3) is 2.82. The molecule has 0 N–H and O–H groups in total. The van der Waals surface area contributed by atoms with Crippen LogP contribution in [0.5, 0.6) is 5.75 Å². The first-order valence-corrected chi connectivity index (χ1v) is 10.7. The number of fused-ring (bicyclic) bond motifs is 1. The monoisotopic (exact) mass is 437 g/mol. The minimum absolute atomic E-state index is 0.120. The van der Waals surface area contributed by atoms with Crippen molar-refractivity contribution in [3.05, 3.63) is 37.7 Å². The topological polar surface area (TPSA) is 54.8 Å². The molecule has 0 aliphatic carbocycles. The Labute approximate surface area is 173 Å². The Morgan fingerprint density at radius 1 is 1.07 bits per heavy atom. The molecule has 6 nitrogen and oxygen atoms in total. The summed E-state index contributed by atoms with van der Waals surface area (Å²) in [6, 6.07) is 5.84. The van der Waals surface area contributed by atoms with Gasteiger partial charge in [-0.3, -0.25) is 14.5 Å². The number of hydrogen-bond acceptors (Lipinski definition) is 8. The van der Waals surface area contributed by atoms with Gasteiger partial charge in [0.25, 0.3) is 11.5 Å². The van der Waals surface area contributed by atoms with Crippen molar-refractivity contribution in [1.29, 1.82) is 0 Å². The summed E-state index contributed by atoms with van der Waals surface area (Å²) >= 11 is 9.32. The van der Waals surface area contributed by atoms with Gasteiger partial charge in [-0.2, -0.15) is 0 Å². The zero-order valence-electron chi connectivity index (χ0n) is 14.9. The molecule has 4 rings (SSSR count). The molecule has 3 heterocycles. The lowest BCUT2D eigenvalue weighted by molar-refractivity contribution is -0.119. The number of methoxy groups -OCH3 is 1. The minimum Gasteiger partial charge on any atom is -0.497 e. The Bertz CT molecular complexity index is 1180. The molecule has 1 saturated heterocycles. The fourth-order valence-corrected chi connectivity index (χ4v) is 6.59. The highest BCUT2D eigenvalue weighted by Crippen LogP contribution is 2.46. The first-order chi connectivity index (χ1) is 12.8. The molecule has 1 fully saturated rings. The summed E-state index contributed by atoms with van der Waals surface area (Å²) in [5.41, 5.74) is 0.872. The first kappa shape index (κ1) is 18.6. The van der Waals surface area contributed by atoms with E-state index in [9.17, 15) is 9.59 Å². The number of nitrogens with zero attached hydrogens (tertiary/aromatic N) is 3. The molecule has 0 spiro atoms. The number of amides is 1. The Balaban J connectivity index is 1.94. The van der Waals surface area contributed by atoms with Crippen LogP contribution in [0.3, 0.4) is 0 Å². The lowest BCUT2D eigenvalue weighted by atomic mass is 10.3. The van der Waals surface area contributed by atoms with Crippen molar-refractivity contribution in [2.24, 2.45) is 7.05 Å². The van der Waals surface area contributed by atoms with E-state index < -0.39 is 0 Å². The number of hydrogen-bond donors (Lipinski definition) is 0. The van der Waals surface area contributed by atoms with E-state index in [1.54, 1.807) is 33.0 Å². The molecule has 27 heavy (non-hydrogen) atoms. The molecular formula is C17H15N3O3S4. The minimum atomic E-state index is -0.168. The van der Waals surface area contributed by atoms with E-state index in [0.717, 1.165) is 21.4 Å². The molecule has 1 aromatic carbocycles. The molecule has 2 aliphatic heterocycles. The summed E-state index contributed by atoms with van der Waals surface area (Å²) in [5.74, 6) is 0.598. The van der Waals surface area contributed by atoms with Crippen LogP contribution >= 0.6 is 47.1 Å². The van der Waals surface area contributed by atoms with Crippen molar-refractivity contribution in [2.75, 3.05) is 26.1 Å². The second-order valence-corrected chi connectivity index (χ2v) is 9.64. The van der Waals surface area contributed by atoms with E-state index in [-0.39, 0.29) is 11.5 Å². The number of rotatable bonds is 1. The van der Waals surface area contributed by atoms with Crippen molar-refractivity contribution in [3.8, 4) is 5.75 Å². The van der Waals surface area contributed by atoms with E-state index in [2.05, 4.69) is 0 Å². The number of carbonyl (C=O) groups excluding carboxylic acids is 1. The van der Waals surface area contributed by atoms with Crippen LogP contribution in [0.25, 0.3) is 9.93 Å².